The van der Waals surface area contributed by atoms with E-state index >= 15 is 0 Å². The molecule has 100 valence electrons. The summed E-state index contributed by atoms with van der Waals surface area (Å²) < 4.78 is 13.8. The fourth-order valence-electron chi connectivity index (χ4n) is 3.48. The smallest absolute Gasteiger partial charge is 0.259 e. The maximum absolute atomic E-state index is 5.84. The normalized spacial score (nSPS) is 32.6. The largest absolute Gasteiger partial charge is 0.478 e. The van der Waals surface area contributed by atoms with Crippen LogP contribution in [0.2, 0.25) is 0 Å². The topological polar surface area (TPSA) is 48.7 Å². The predicted molar refractivity (Wildman–Crippen MR) is 72.5 cm³/mol. The lowest BCUT2D eigenvalue weighted by molar-refractivity contribution is 0.0154. The molecule has 0 radical (unpaired) electrons. The standard InChI is InChI=1S/C13H14BrN3O2/c1-12-5-13(6-12,7-19-12)8-3-17-4-9(14)16-11(18-2)10(17)15-8/h3-4H,5-7H2,1-2H3. The lowest BCUT2D eigenvalue weighted by Crippen LogP contribution is -2.45. The average molecular weight is 324 g/mol. The van der Waals surface area contributed by atoms with Crippen LogP contribution in [0.4, 0.5) is 0 Å². The van der Waals surface area contributed by atoms with Crippen LogP contribution in [0.5, 0.6) is 5.88 Å². The van der Waals surface area contributed by atoms with Gasteiger partial charge in [0.25, 0.3) is 5.88 Å². The van der Waals surface area contributed by atoms with Gasteiger partial charge in [0.05, 0.1) is 25.0 Å². The van der Waals surface area contributed by atoms with Gasteiger partial charge >= 0.3 is 0 Å². The molecular weight excluding hydrogens is 310 g/mol. The van der Waals surface area contributed by atoms with Crippen molar-refractivity contribution < 1.29 is 9.47 Å². The van der Waals surface area contributed by atoms with Crippen LogP contribution in [-0.2, 0) is 10.2 Å². The van der Waals surface area contributed by atoms with Crippen molar-refractivity contribution in [1.29, 1.82) is 0 Å². The SMILES string of the molecule is COc1nc(Br)cn2cc(C34COC(C)(C3)C4)nc12. The van der Waals surface area contributed by atoms with Crippen molar-refractivity contribution in [3.05, 3.63) is 22.7 Å². The second kappa shape index (κ2) is 3.49. The summed E-state index contributed by atoms with van der Waals surface area (Å²) in [6.07, 6.45) is 6.08. The molecule has 0 N–H and O–H groups in total. The number of hydrogen-bond donors (Lipinski definition) is 0. The Hall–Kier alpha value is -1.14. The molecule has 5 nitrogen and oxygen atoms in total. The first-order valence-electron chi connectivity index (χ1n) is 6.27. The van der Waals surface area contributed by atoms with E-state index in [9.17, 15) is 0 Å². The summed E-state index contributed by atoms with van der Waals surface area (Å²) in [6, 6.07) is 0. The van der Waals surface area contributed by atoms with Crippen LogP contribution < -0.4 is 4.74 Å². The third-order valence-corrected chi connectivity index (χ3v) is 4.62. The molecule has 4 heterocycles. The Labute approximate surface area is 119 Å². The van der Waals surface area contributed by atoms with Gasteiger partial charge in [-0.2, -0.15) is 0 Å². The van der Waals surface area contributed by atoms with E-state index < -0.39 is 0 Å². The van der Waals surface area contributed by atoms with Crippen LogP contribution in [-0.4, -0.2) is 33.7 Å². The highest BCUT2D eigenvalue weighted by Gasteiger charge is 2.61. The highest BCUT2D eigenvalue weighted by Crippen LogP contribution is 2.58. The number of halogens is 1. The van der Waals surface area contributed by atoms with Gasteiger partial charge in [-0.1, -0.05) is 0 Å². The molecular formula is C13H14BrN3O2. The number of ether oxygens (including phenoxy) is 2. The van der Waals surface area contributed by atoms with Crippen LogP contribution in [0, 0.1) is 0 Å². The van der Waals surface area contributed by atoms with Gasteiger partial charge in [0.15, 0.2) is 0 Å². The Morgan fingerprint density at radius 3 is 2.79 bits per heavy atom. The minimum Gasteiger partial charge on any atom is -0.478 e. The minimum absolute atomic E-state index is 0.0682. The molecule has 2 bridgehead atoms. The van der Waals surface area contributed by atoms with E-state index in [0.29, 0.717) is 5.88 Å². The summed E-state index contributed by atoms with van der Waals surface area (Å²) in [5.41, 5.74) is 2.01. The molecule has 19 heavy (non-hydrogen) atoms. The maximum atomic E-state index is 5.84. The monoisotopic (exact) mass is 323 g/mol. The molecule has 2 aliphatic heterocycles. The molecule has 0 unspecified atom stereocenters. The molecule has 0 aromatic carbocycles. The first kappa shape index (κ1) is 11.7. The van der Waals surface area contributed by atoms with E-state index in [1.54, 1.807) is 7.11 Å². The first-order chi connectivity index (χ1) is 9.04. The minimum atomic E-state index is 0.0682. The number of methoxy groups -OCH3 is 1. The van der Waals surface area contributed by atoms with Gasteiger partial charge in [-0.25, -0.2) is 9.97 Å². The second-order valence-electron chi connectivity index (χ2n) is 5.80. The van der Waals surface area contributed by atoms with E-state index in [1.165, 1.54) is 0 Å². The highest BCUT2D eigenvalue weighted by molar-refractivity contribution is 9.10. The fraction of sp³-hybridized carbons (Fsp3) is 0.538. The second-order valence-corrected chi connectivity index (χ2v) is 6.61. The molecule has 2 aromatic heterocycles. The molecule has 5 rings (SSSR count). The zero-order valence-corrected chi connectivity index (χ0v) is 12.4. The van der Waals surface area contributed by atoms with Crippen molar-refractivity contribution in [3.8, 4) is 5.88 Å². The lowest BCUT2D eigenvalue weighted by atomic mass is 9.62. The zero-order chi connectivity index (χ0) is 13.3. The van der Waals surface area contributed by atoms with Crippen LogP contribution in [0.25, 0.3) is 5.65 Å². The van der Waals surface area contributed by atoms with Crippen LogP contribution in [0.1, 0.15) is 25.5 Å². The average Bonchev–Trinajstić information content (AvgIpc) is 2.97. The number of aromatic nitrogens is 3. The molecule has 1 saturated carbocycles. The van der Waals surface area contributed by atoms with Gasteiger partial charge in [-0.3, -0.25) is 4.40 Å². The fourth-order valence-corrected chi connectivity index (χ4v) is 3.87. The number of nitrogens with zero attached hydrogens (tertiary/aromatic N) is 3. The van der Waals surface area contributed by atoms with E-state index in [2.05, 4.69) is 34.0 Å². The molecule has 3 fully saturated rings. The van der Waals surface area contributed by atoms with Crippen LogP contribution >= 0.6 is 15.9 Å². The molecule has 0 spiro atoms. The predicted octanol–water partition coefficient (Wildman–Crippen LogP) is 2.32. The Morgan fingerprint density at radius 2 is 2.16 bits per heavy atom. The van der Waals surface area contributed by atoms with Gasteiger partial charge < -0.3 is 9.47 Å². The summed E-state index contributed by atoms with van der Waals surface area (Å²) >= 11 is 3.38. The van der Waals surface area contributed by atoms with Crippen molar-refractivity contribution in [1.82, 2.24) is 14.4 Å². The van der Waals surface area contributed by atoms with Gasteiger partial charge in [0.1, 0.15) is 4.60 Å². The van der Waals surface area contributed by atoms with E-state index in [1.807, 2.05) is 10.6 Å². The van der Waals surface area contributed by atoms with Crippen molar-refractivity contribution in [2.24, 2.45) is 0 Å². The summed E-state index contributed by atoms with van der Waals surface area (Å²) in [4.78, 5) is 9.01. The first-order valence-corrected chi connectivity index (χ1v) is 7.07. The van der Waals surface area contributed by atoms with Crippen molar-refractivity contribution in [2.75, 3.05) is 13.7 Å². The van der Waals surface area contributed by atoms with E-state index in [-0.39, 0.29) is 11.0 Å². The van der Waals surface area contributed by atoms with Gasteiger partial charge in [-0.05, 0) is 35.7 Å². The summed E-state index contributed by atoms with van der Waals surface area (Å²) in [7, 11) is 1.61. The Kier molecular flexibility index (Phi) is 2.14. The summed E-state index contributed by atoms with van der Waals surface area (Å²) in [5.74, 6) is 0.540. The highest BCUT2D eigenvalue weighted by atomic mass is 79.9. The Balaban J connectivity index is 1.85. The quantitative estimate of drug-likeness (QED) is 0.851. The van der Waals surface area contributed by atoms with Crippen LogP contribution in [0.15, 0.2) is 17.0 Å². The van der Waals surface area contributed by atoms with Gasteiger partial charge in [0.2, 0.25) is 5.65 Å². The maximum Gasteiger partial charge on any atom is 0.259 e. The summed E-state index contributed by atoms with van der Waals surface area (Å²) in [6.45, 7) is 2.94. The van der Waals surface area contributed by atoms with Crippen molar-refractivity contribution in [3.63, 3.8) is 0 Å². The Morgan fingerprint density at radius 1 is 1.37 bits per heavy atom. The number of imidazole rings is 1. The molecule has 0 amide bonds. The lowest BCUT2D eigenvalue weighted by Gasteiger charge is -2.41. The molecule has 2 aromatic rings. The third kappa shape index (κ3) is 1.50. The summed E-state index contributed by atoms with van der Waals surface area (Å²) in [5, 5.41) is 0. The Bertz CT molecular complexity index is 676. The van der Waals surface area contributed by atoms with Crippen molar-refractivity contribution in [2.45, 2.75) is 30.8 Å². The zero-order valence-electron chi connectivity index (χ0n) is 10.8. The van der Waals surface area contributed by atoms with Gasteiger partial charge in [-0.15, -0.1) is 0 Å². The number of hydrogen-bond acceptors (Lipinski definition) is 4. The van der Waals surface area contributed by atoms with E-state index in [0.717, 1.165) is 35.4 Å². The molecule has 6 heteroatoms. The molecule has 1 aliphatic carbocycles. The van der Waals surface area contributed by atoms with Crippen LogP contribution in [0.3, 0.4) is 0 Å². The molecule has 0 atom stereocenters. The van der Waals surface area contributed by atoms with Gasteiger partial charge in [0, 0.05) is 17.8 Å². The molecule has 3 aliphatic rings. The molecule has 2 saturated heterocycles. The number of rotatable bonds is 2. The third-order valence-electron chi connectivity index (χ3n) is 4.24. The van der Waals surface area contributed by atoms with Crippen molar-refractivity contribution >= 4 is 21.6 Å². The number of fused-ring (bicyclic) bond motifs is 2. The van der Waals surface area contributed by atoms with E-state index in [4.69, 9.17) is 14.5 Å².